The van der Waals surface area contributed by atoms with Crippen LogP contribution in [0.25, 0.3) is 0 Å². The Hall–Kier alpha value is -1.34. The summed E-state index contributed by atoms with van der Waals surface area (Å²) in [4.78, 5) is 27.7. The van der Waals surface area contributed by atoms with Crippen LogP contribution in [-0.2, 0) is 4.79 Å². The number of hydrogen-bond donors (Lipinski definition) is 0. The summed E-state index contributed by atoms with van der Waals surface area (Å²) >= 11 is 1.55. The summed E-state index contributed by atoms with van der Waals surface area (Å²) in [6.07, 6.45) is 1.98. The second kappa shape index (κ2) is 5.81. The van der Waals surface area contributed by atoms with Crippen LogP contribution in [0.2, 0.25) is 0 Å². The van der Waals surface area contributed by atoms with E-state index in [0.717, 1.165) is 42.8 Å². The van der Waals surface area contributed by atoms with E-state index in [1.807, 2.05) is 31.2 Å². The topological polar surface area (TPSA) is 52.6 Å². The number of carbonyl (C=O) groups is 1. The molecule has 0 aromatic carbocycles. The van der Waals surface area contributed by atoms with Crippen LogP contribution in [-0.4, -0.2) is 77.7 Å². The minimum Gasteiger partial charge on any atom is -0.353 e. The van der Waals surface area contributed by atoms with E-state index in [9.17, 15) is 4.79 Å². The Morgan fingerprint density at radius 3 is 2.76 bits per heavy atom. The van der Waals surface area contributed by atoms with Gasteiger partial charge in [-0.1, -0.05) is 11.8 Å². The number of anilines is 1. The van der Waals surface area contributed by atoms with Crippen LogP contribution in [0.4, 0.5) is 5.82 Å². The fraction of sp³-hybridized carbons (Fsp3) is 0.643. The first-order valence-electron chi connectivity index (χ1n) is 7.22. The van der Waals surface area contributed by atoms with Crippen LogP contribution in [0.1, 0.15) is 5.69 Å². The third-order valence-corrected chi connectivity index (χ3v) is 4.75. The van der Waals surface area contributed by atoms with Crippen molar-refractivity contribution in [2.45, 2.75) is 18.1 Å². The van der Waals surface area contributed by atoms with Crippen LogP contribution in [0.5, 0.6) is 0 Å². The van der Waals surface area contributed by atoms with Gasteiger partial charge in [-0.3, -0.25) is 9.69 Å². The van der Waals surface area contributed by atoms with Gasteiger partial charge in [-0.15, -0.1) is 0 Å². The fourth-order valence-corrected chi connectivity index (χ4v) is 3.37. The number of thioether (sulfide) groups is 1. The number of hydrogen-bond acceptors (Lipinski definition) is 6. The Kier molecular flexibility index (Phi) is 4.03. The average Bonchev–Trinajstić information content (AvgIpc) is 2.50. The molecule has 1 amide bonds. The van der Waals surface area contributed by atoms with Gasteiger partial charge in [0.05, 0.1) is 0 Å². The highest BCUT2D eigenvalue weighted by Crippen LogP contribution is 2.22. The van der Waals surface area contributed by atoms with Crippen molar-refractivity contribution in [2.24, 2.45) is 0 Å². The minimum atomic E-state index is -0.0366. The first-order chi connectivity index (χ1) is 10.1. The molecule has 0 saturated carbocycles. The highest BCUT2D eigenvalue weighted by molar-refractivity contribution is 7.98. The number of carbonyl (C=O) groups excluding carboxylic acids is 1. The summed E-state index contributed by atoms with van der Waals surface area (Å²) in [6, 6.07) is 1.97. The number of nitrogens with zero attached hydrogens (tertiary/aromatic N) is 5. The first-order valence-corrected chi connectivity index (χ1v) is 8.44. The molecule has 21 heavy (non-hydrogen) atoms. The van der Waals surface area contributed by atoms with Crippen LogP contribution < -0.4 is 4.90 Å². The average molecular weight is 307 g/mol. The number of amides is 1. The van der Waals surface area contributed by atoms with Gasteiger partial charge in [0, 0.05) is 51.5 Å². The molecule has 2 fully saturated rings. The summed E-state index contributed by atoms with van der Waals surface area (Å²) in [7, 11) is 1.89. The first kappa shape index (κ1) is 14.6. The third kappa shape index (κ3) is 2.85. The van der Waals surface area contributed by atoms with E-state index < -0.39 is 0 Å². The maximum absolute atomic E-state index is 12.3. The lowest BCUT2D eigenvalue weighted by Crippen LogP contribution is -2.64. The number of aryl methyl sites for hydroxylation is 1. The quantitative estimate of drug-likeness (QED) is 0.585. The number of piperazine rings is 2. The molecule has 0 radical (unpaired) electrons. The molecule has 0 N–H and O–H groups in total. The van der Waals surface area contributed by atoms with Crippen molar-refractivity contribution in [1.82, 2.24) is 19.8 Å². The van der Waals surface area contributed by atoms with Crippen molar-refractivity contribution in [2.75, 3.05) is 50.9 Å². The predicted octanol–water partition coefficient (Wildman–Crippen LogP) is 0.470. The monoisotopic (exact) mass is 307 g/mol. The third-order valence-electron chi connectivity index (χ3n) is 4.20. The Morgan fingerprint density at radius 2 is 2.00 bits per heavy atom. The van der Waals surface area contributed by atoms with Gasteiger partial charge in [-0.05, 0) is 13.2 Å². The number of likely N-dealkylation sites (N-methyl/N-ethyl adjacent to an activating group) is 1. The SMILES string of the molecule is CSc1nc(C)cc(N2CCN3CCN(C)C(=O)[C@H]3C2)n1. The number of rotatable bonds is 2. The minimum absolute atomic E-state index is 0.0366. The second-order valence-electron chi connectivity index (χ2n) is 5.61. The highest BCUT2D eigenvalue weighted by atomic mass is 32.2. The summed E-state index contributed by atoms with van der Waals surface area (Å²) in [5.41, 5.74) is 0.971. The molecule has 7 heteroatoms. The lowest BCUT2D eigenvalue weighted by atomic mass is 10.1. The van der Waals surface area contributed by atoms with Gasteiger partial charge in [0.2, 0.25) is 5.91 Å². The fourth-order valence-electron chi connectivity index (χ4n) is 2.95. The van der Waals surface area contributed by atoms with E-state index in [1.54, 1.807) is 11.8 Å². The van der Waals surface area contributed by atoms with E-state index in [0.29, 0.717) is 6.54 Å². The molecule has 6 nitrogen and oxygen atoms in total. The Morgan fingerprint density at radius 1 is 1.24 bits per heavy atom. The van der Waals surface area contributed by atoms with E-state index >= 15 is 0 Å². The zero-order valence-electron chi connectivity index (χ0n) is 12.7. The van der Waals surface area contributed by atoms with Crippen LogP contribution in [0.15, 0.2) is 11.2 Å². The van der Waals surface area contributed by atoms with E-state index in [1.165, 1.54) is 0 Å². The molecule has 0 spiro atoms. The van der Waals surface area contributed by atoms with Crippen molar-refractivity contribution >= 4 is 23.5 Å². The van der Waals surface area contributed by atoms with Crippen molar-refractivity contribution in [1.29, 1.82) is 0 Å². The second-order valence-corrected chi connectivity index (χ2v) is 6.39. The van der Waals surface area contributed by atoms with Gasteiger partial charge in [0.25, 0.3) is 0 Å². The normalized spacial score (nSPS) is 23.4. The zero-order valence-corrected chi connectivity index (χ0v) is 13.6. The molecule has 0 bridgehead atoms. The maximum Gasteiger partial charge on any atom is 0.241 e. The molecule has 114 valence electrons. The van der Waals surface area contributed by atoms with Gasteiger partial charge < -0.3 is 9.80 Å². The van der Waals surface area contributed by atoms with Gasteiger partial charge in [0.15, 0.2) is 5.16 Å². The Balaban J connectivity index is 1.81. The number of fused-ring (bicyclic) bond motifs is 1. The predicted molar refractivity (Wildman–Crippen MR) is 83.8 cm³/mol. The van der Waals surface area contributed by atoms with Crippen LogP contribution in [0, 0.1) is 6.92 Å². The summed E-state index contributed by atoms with van der Waals surface area (Å²) in [5, 5.41) is 0.791. The largest absolute Gasteiger partial charge is 0.353 e. The molecule has 3 rings (SSSR count). The Bertz CT molecular complexity index is 552. The molecule has 0 unspecified atom stereocenters. The van der Waals surface area contributed by atoms with Crippen molar-refractivity contribution in [3.8, 4) is 0 Å². The number of aromatic nitrogens is 2. The van der Waals surface area contributed by atoms with Gasteiger partial charge in [-0.2, -0.15) is 0 Å². The molecule has 2 saturated heterocycles. The zero-order chi connectivity index (χ0) is 15.0. The molecular weight excluding hydrogens is 286 g/mol. The van der Waals surface area contributed by atoms with Crippen LogP contribution >= 0.6 is 11.8 Å². The maximum atomic E-state index is 12.3. The standard InChI is InChI=1S/C14H21N5OS/c1-10-8-12(16-14(15-10)21-3)19-7-6-18-5-4-17(2)13(20)11(18)9-19/h8,11H,4-7,9H2,1-3H3/t11-/m1/s1. The molecule has 1 aromatic heterocycles. The van der Waals surface area contributed by atoms with Crippen molar-refractivity contribution in [3.05, 3.63) is 11.8 Å². The molecule has 1 aromatic rings. The lowest BCUT2D eigenvalue weighted by molar-refractivity contribution is -0.140. The molecule has 3 heterocycles. The molecule has 2 aliphatic rings. The molecular formula is C14H21N5OS. The summed E-state index contributed by atoms with van der Waals surface area (Å²) in [5.74, 6) is 1.16. The van der Waals surface area contributed by atoms with E-state index in [2.05, 4.69) is 19.8 Å². The highest BCUT2D eigenvalue weighted by Gasteiger charge is 2.37. The summed E-state index contributed by atoms with van der Waals surface area (Å²) < 4.78 is 0. The van der Waals surface area contributed by atoms with Crippen molar-refractivity contribution in [3.63, 3.8) is 0 Å². The summed E-state index contributed by atoms with van der Waals surface area (Å²) in [6.45, 7) is 6.34. The molecule has 1 atom stereocenters. The lowest BCUT2D eigenvalue weighted by Gasteiger charge is -2.45. The molecule has 2 aliphatic heterocycles. The van der Waals surface area contributed by atoms with Gasteiger partial charge in [-0.25, -0.2) is 9.97 Å². The van der Waals surface area contributed by atoms with E-state index in [-0.39, 0.29) is 11.9 Å². The smallest absolute Gasteiger partial charge is 0.241 e. The van der Waals surface area contributed by atoms with Gasteiger partial charge >= 0.3 is 0 Å². The molecule has 0 aliphatic carbocycles. The van der Waals surface area contributed by atoms with Gasteiger partial charge in [0.1, 0.15) is 11.9 Å². The van der Waals surface area contributed by atoms with Crippen LogP contribution in [0.3, 0.4) is 0 Å². The van der Waals surface area contributed by atoms with E-state index in [4.69, 9.17) is 0 Å². The Labute approximate surface area is 129 Å². The van der Waals surface area contributed by atoms with Crippen molar-refractivity contribution < 1.29 is 4.79 Å².